The molecule has 3 heterocycles. The Balaban J connectivity index is 2.07. The van der Waals surface area contributed by atoms with Gasteiger partial charge in [-0.15, -0.1) is 0 Å². The molecule has 0 amide bonds. The molecule has 3 rings (SSSR count). The van der Waals surface area contributed by atoms with Crippen molar-refractivity contribution in [1.29, 1.82) is 0 Å². The van der Waals surface area contributed by atoms with E-state index in [4.69, 9.17) is 23.7 Å². The molecule has 3 fully saturated rings. The molecule has 13 nitrogen and oxygen atoms in total. The molecule has 300 valence electrons. The lowest BCUT2D eigenvalue weighted by Crippen LogP contribution is -2.61. The fourth-order valence-electron chi connectivity index (χ4n) is 8.33. The summed E-state index contributed by atoms with van der Waals surface area (Å²) in [4.78, 5) is 14.1. The van der Waals surface area contributed by atoms with E-state index in [0.29, 0.717) is 32.4 Å². The zero-order valence-corrected chi connectivity index (χ0v) is 33.1. The average molecular weight is 733 g/mol. The predicted molar refractivity (Wildman–Crippen MR) is 193 cm³/mol. The van der Waals surface area contributed by atoms with Gasteiger partial charge >= 0.3 is 5.97 Å². The molecule has 0 aromatic carbocycles. The van der Waals surface area contributed by atoms with Crippen molar-refractivity contribution in [1.82, 2.24) is 10.6 Å². The third-order valence-electron chi connectivity index (χ3n) is 11.8. The van der Waals surface area contributed by atoms with Crippen molar-refractivity contribution in [3.05, 3.63) is 0 Å². The molecule has 0 spiro atoms. The molecule has 0 aromatic rings. The SMILES string of the molecule is CCCNCC1(O)C(C)CC(OC2C(C)C(=O)OC(CC)C(C)(O)C(O)C(C)NCC(C)CC(C)(O)C(OC3OC(C)CCC3O)C2C)OC1C. The minimum Gasteiger partial charge on any atom is -0.459 e. The fourth-order valence-corrected chi connectivity index (χ4v) is 8.33. The summed E-state index contributed by atoms with van der Waals surface area (Å²) in [6.07, 6.45) is -4.88. The van der Waals surface area contributed by atoms with Crippen molar-refractivity contribution < 1.29 is 54.0 Å². The van der Waals surface area contributed by atoms with Crippen molar-refractivity contribution in [2.75, 3.05) is 19.6 Å². The van der Waals surface area contributed by atoms with Gasteiger partial charge in [-0.05, 0) is 98.6 Å². The summed E-state index contributed by atoms with van der Waals surface area (Å²) in [5.41, 5.74) is -4.43. The Labute approximate surface area is 306 Å². The van der Waals surface area contributed by atoms with E-state index in [9.17, 15) is 30.3 Å². The molecule has 0 bridgehead atoms. The van der Waals surface area contributed by atoms with Crippen LogP contribution in [-0.2, 0) is 28.5 Å². The minimum atomic E-state index is -1.78. The van der Waals surface area contributed by atoms with Crippen LogP contribution in [0.4, 0.5) is 0 Å². The molecule has 17 unspecified atom stereocenters. The summed E-state index contributed by atoms with van der Waals surface area (Å²) in [5.74, 6) is -2.66. The fraction of sp³-hybridized carbons (Fsp3) is 0.974. The number of hydrogen-bond donors (Lipinski definition) is 7. The molecule has 7 N–H and O–H groups in total. The van der Waals surface area contributed by atoms with Gasteiger partial charge in [0.15, 0.2) is 12.6 Å². The smallest absolute Gasteiger partial charge is 0.311 e. The first kappa shape index (κ1) is 44.4. The van der Waals surface area contributed by atoms with Gasteiger partial charge in [0.2, 0.25) is 0 Å². The summed E-state index contributed by atoms with van der Waals surface area (Å²) in [6.45, 7) is 21.4. The normalized spacial score (nSPS) is 48.4. The van der Waals surface area contributed by atoms with Crippen LogP contribution in [0.15, 0.2) is 0 Å². The lowest BCUT2D eigenvalue weighted by molar-refractivity contribution is -0.310. The van der Waals surface area contributed by atoms with Crippen molar-refractivity contribution in [3.63, 3.8) is 0 Å². The number of nitrogens with one attached hydrogen (secondary N) is 2. The number of aliphatic hydroxyl groups excluding tert-OH is 2. The van der Waals surface area contributed by atoms with E-state index >= 15 is 0 Å². The van der Waals surface area contributed by atoms with E-state index in [1.807, 2.05) is 34.6 Å². The number of ether oxygens (including phenoxy) is 5. The maximum atomic E-state index is 14.1. The monoisotopic (exact) mass is 733 g/mol. The molecule has 3 aliphatic rings. The van der Waals surface area contributed by atoms with Crippen molar-refractivity contribution >= 4 is 5.97 Å². The predicted octanol–water partition coefficient (Wildman–Crippen LogP) is 2.62. The average Bonchev–Trinajstić information content (AvgIpc) is 3.06. The largest absolute Gasteiger partial charge is 0.459 e. The molecular weight excluding hydrogens is 660 g/mol. The maximum absolute atomic E-state index is 14.1. The first-order valence-corrected chi connectivity index (χ1v) is 19.5. The summed E-state index contributed by atoms with van der Waals surface area (Å²) in [7, 11) is 0. The van der Waals surface area contributed by atoms with Crippen molar-refractivity contribution in [3.8, 4) is 0 Å². The summed E-state index contributed by atoms with van der Waals surface area (Å²) >= 11 is 0. The topological polar surface area (TPSA) is 188 Å². The van der Waals surface area contributed by atoms with Gasteiger partial charge in [0.25, 0.3) is 0 Å². The molecule has 0 saturated carbocycles. The van der Waals surface area contributed by atoms with E-state index < -0.39 is 89.9 Å². The minimum absolute atomic E-state index is 0.127. The van der Waals surface area contributed by atoms with Crippen LogP contribution in [0.5, 0.6) is 0 Å². The van der Waals surface area contributed by atoms with Gasteiger partial charge in [-0.2, -0.15) is 0 Å². The Morgan fingerprint density at radius 1 is 0.961 bits per heavy atom. The molecule has 13 heteroatoms. The zero-order valence-electron chi connectivity index (χ0n) is 33.1. The summed E-state index contributed by atoms with van der Waals surface area (Å²) in [6, 6.07) is -0.569. The van der Waals surface area contributed by atoms with Crippen molar-refractivity contribution in [2.24, 2.45) is 23.7 Å². The van der Waals surface area contributed by atoms with Gasteiger partial charge < -0.3 is 59.9 Å². The second-order valence-corrected chi connectivity index (χ2v) is 16.6. The van der Waals surface area contributed by atoms with Gasteiger partial charge in [0.1, 0.15) is 29.5 Å². The highest BCUT2D eigenvalue weighted by atomic mass is 16.7. The van der Waals surface area contributed by atoms with E-state index in [-0.39, 0.29) is 30.8 Å². The van der Waals surface area contributed by atoms with E-state index in [1.54, 1.807) is 27.7 Å². The Kier molecular flexibility index (Phi) is 16.2. The molecule has 51 heavy (non-hydrogen) atoms. The highest BCUT2D eigenvalue weighted by Gasteiger charge is 2.52. The van der Waals surface area contributed by atoms with Crippen molar-refractivity contribution in [2.45, 2.75) is 193 Å². The van der Waals surface area contributed by atoms with Crippen LogP contribution in [0.2, 0.25) is 0 Å². The number of rotatable bonds is 9. The molecule has 0 aliphatic carbocycles. The van der Waals surface area contributed by atoms with E-state index in [1.165, 1.54) is 6.92 Å². The lowest BCUT2D eigenvalue weighted by atomic mass is 9.77. The quantitative estimate of drug-likeness (QED) is 0.136. The Hall–Kier alpha value is -0.970. The van der Waals surface area contributed by atoms with E-state index in [2.05, 4.69) is 17.6 Å². The Morgan fingerprint density at radius 3 is 2.24 bits per heavy atom. The number of carbonyl (C=O) groups is 1. The maximum Gasteiger partial charge on any atom is 0.311 e. The van der Waals surface area contributed by atoms with E-state index in [0.717, 1.165) is 13.0 Å². The highest BCUT2D eigenvalue weighted by Crippen LogP contribution is 2.40. The Morgan fingerprint density at radius 2 is 1.63 bits per heavy atom. The first-order valence-electron chi connectivity index (χ1n) is 19.5. The third kappa shape index (κ3) is 10.8. The summed E-state index contributed by atoms with van der Waals surface area (Å²) in [5, 5.41) is 64.4. The van der Waals surface area contributed by atoms with Crippen LogP contribution in [0.25, 0.3) is 0 Å². The Bertz CT molecular complexity index is 1070. The zero-order chi connectivity index (χ0) is 38.5. The lowest BCUT2D eigenvalue weighted by Gasteiger charge is -2.48. The number of aliphatic hydroxyl groups is 5. The number of carbonyl (C=O) groups excluding carboxylic acids is 1. The standard InChI is InChI=1S/C38H72N2O11/c1-12-16-39-20-38(46)22(4)17-30(48-27(38)9)50-31-24(6)33(51-35-28(41)15-14-23(5)47-35)36(10,44)18-21(3)19-40-26(8)32(42)37(11,45)29(13-2)49-34(43)25(31)7/h21-33,35,39-42,44-46H,12-20H2,1-11H3. The van der Waals surface area contributed by atoms with Gasteiger partial charge in [-0.25, -0.2) is 0 Å². The number of cyclic esters (lactones) is 1. The molecule has 0 radical (unpaired) electrons. The van der Waals surface area contributed by atoms with Crippen LogP contribution in [-0.4, -0.2) is 129 Å². The van der Waals surface area contributed by atoms with Crippen LogP contribution in [0.3, 0.4) is 0 Å². The van der Waals surface area contributed by atoms with Crippen LogP contribution >= 0.6 is 0 Å². The molecule has 0 aromatic heterocycles. The van der Waals surface area contributed by atoms with Crippen LogP contribution < -0.4 is 10.6 Å². The second kappa shape index (κ2) is 18.6. The van der Waals surface area contributed by atoms with Gasteiger partial charge in [-0.1, -0.05) is 34.6 Å². The molecular formula is C38H72N2O11. The van der Waals surface area contributed by atoms with Crippen LogP contribution in [0.1, 0.15) is 115 Å². The van der Waals surface area contributed by atoms with Gasteiger partial charge in [0, 0.05) is 24.9 Å². The third-order valence-corrected chi connectivity index (χ3v) is 11.8. The number of hydrogen-bond acceptors (Lipinski definition) is 13. The van der Waals surface area contributed by atoms with Gasteiger partial charge in [0.05, 0.1) is 35.9 Å². The first-order chi connectivity index (χ1) is 23.7. The second-order valence-electron chi connectivity index (χ2n) is 16.6. The number of esters is 1. The molecule has 3 aliphatic heterocycles. The van der Waals surface area contributed by atoms with Crippen LogP contribution in [0, 0.1) is 23.7 Å². The van der Waals surface area contributed by atoms with Gasteiger partial charge in [-0.3, -0.25) is 4.79 Å². The highest BCUT2D eigenvalue weighted by molar-refractivity contribution is 5.73. The molecule has 17 atom stereocenters. The summed E-state index contributed by atoms with van der Waals surface area (Å²) < 4.78 is 31.7. The molecule has 3 saturated heterocycles.